The van der Waals surface area contributed by atoms with Crippen molar-refractivity contribution in [1.29, 1.82) is 0 Å². The standard InChI is InChI=1S/C8H12O2/c1-8(2)6(3-4-9)5-7(8)10/h4,6H,3,5H2,1-2H3/t6-/m1/s1. The molecule has 0 radical (unpaired) electrons. The van der Waals surface area contributed by atoms with Crippen LogP contribution >= 0.6 is 0 Å². The molecular weight excluding hydrogens is 128 g/mol. The van der Waals surface area contributed by atoms with Gasteiger partial charge in [0, 0.05) is 18.3 Å². The number of hydrogen-bond donors (Lipinski definition) is 0. The van der Waals surface area contributed by atoms with Gasteiger partial charge < -0.3 is 4.79 Å². The summed E-state index contributed by atoms with van der Waals surface area (Å²) < 4.78 is 0. The third-order valence-electron chi connectivity index (χ3n) is 2.55. The molecule has 1 fully saturated rings. The van der Waals surface area contributed by atoms with E-state index in [1.807, 2.05) is 13.8 Å². The molecule has 0 bridgehead atoms. The summed E-state index contributed by atoms with van der Waals surface area (Å²) in [6, 6.07) is 0. The van der Waals surface area contributed by atoms with Crippen molar-refractivity contribution < 1.29 is 9.59 Å². The smallest absolute Gasteiger partial charge is 0.139 e. The Morgan fingerprint density at radius 1 is 1.70 bits per heavy atom. The number of carbonyl (C=O) groups excluding carboxylic acids is 2. The third kappa shape index (κ3) is 0.877. The average Bonchev–Trinajstić information content (AvgIpc) is 1.88. The largest absolute Gasteiger partial charge is 0.303 e. The van der Waals surface area contributed by atoms with Gasteiger partial charge in [-0.05, 0) is 5.92 Å². The van der Waals surface area contributed by atoms with E-state index < -0.39 is 0 Å². The molecule has 10 heavy (non-hydrogen) atoms. The maximum absolute atomic E-state index is 10.9. The zero-order valence-electron chi connectivity index (χ0n) is 6.39. The molecule has 0 aromatic heterocycles. The van der Waals surface area contributed by atoms with Gasteiger partial charge in [-0.1, -0.05) is 13.8 Å². The van der Waals surface area contributed by atoms with Crippen molar-refractivity contribution >= 4 is 12.1 Å². The Morgan fingerprint density at radius 2 is 2.30 bits per heavy atom. The molecule has 0 aromatic rings. The first-order valence-electron chi connectivity index (χ1n) is 3.56. The van der Waals surface area contributed by atoms with Crippen LogP contribution in [0.4, 0.5) is 0 Å². The summed E-state index contributed by atoms with van der Waals surface area (Å²) in [4.78, 5) is 21.0. The maximum atomic E-state index is 10.9. The van der Waals surface area contributed by atoms with Crippen LogP contribution in [-0.4, -0.2) is 12.1 Å². The van der Waals surface area contributed by atoms with Crippen molar-refractivity contribution in [2.75, 3.05) is 0 Å². The van der Waals surface area contributed by atoms with E-state index in [0.29, 0.717) is 24.5 Å². The van der Waals surface area contributed by atoms with Crippen LogP contribution in [0.5, 0.6) is 0 Å². The lowest BCUT2D eigenvalue weighted by atomic mass is 9.60. The summed E-state index contributed by atoms with van der Waals surface area (Å²) >= 11 is 0. The SMILES string of the molecule is CC1(C)C(=O)C[C@H]1CC=O. The van der Waals surface area contributed by atoms with Crippen molar-refractivity contribution in [3.63, 3.8) is 0 Å². The average molecular weight is 140 g/mol. The van der Waals surface area contributed by atoms with Crippen LogP contribution in [0.15, 0.2) is 0 Å². The molecule has 1 atom stereocenters. The molecule has 0 N–H and O–H groups in total. The predicted octanol–water partition coefficient (Wildman–Crippen LogP) is 1.19. The van der Waals surface area contributed by atoms with Gasteiger partial charge in [0.2, 0.25) is 0 Å². The van der Waals surface area contributed by atoms with Crippen molar-refractivity contribution in [3.05, 3.63) is 0 Å². The Kier molecular flexibility index (Phi) is 1.63. The van der Waals surface area contributed by atoms with Gasteiger partial charge in [-0.2, -0.15) is 0 Å². The van der Waals surface area contributed by atoms with Gasteiger partial charge in [-0.15, -0.1) is 0 Å². The fraction of sp³-hybridized carbons (Fsp3) is 0.750. The van der Waals surface area contributed by atoms with Crippen molar-refractivity contribution in [2.45, 2.75) is 26.7 Å². The van der Waals surface area contributed by atoms with Crippen molar-refractivity contribution in [2.24, 2.45) is 11.3 Å². The molecule has 0 aliphatic heterocycles. The van der Waals surface area contributed by atoms with Gasteiger partial charge in [-0.25, -0.2) is 0 Å². The fourth-order valence-electron chi connectivity index (χ4n) is 1.33. The van der Waals surface area contributed by atoms with Gasteiger partial charge in [0.25, 0.3) is 0 Å². The summed E-state index contributed by atoms with van der Waals surface area (Å²) in [6.45, 7) is 3.82. The van der Waals surface area contributed by atoms with E-state index in [9.17, 15) is 9.59 Å². The van der Waals surface area contributed by atoms with E-state index in [-0.39, 0.29) is 5.41 Å². The molecule has 0 spiro atoms. The minimum absolute atomic E-state index is 0.221. The molecule has 2 heteroatoms. The Labute approximate surface area is 60.6 Å². The number of carbonyl (C=O) groups is 2. The first-order chi connectivity index (χ1) is 4.59. The number of aldehydes is 1. The molecule has 1 rings (SSSR count). The van der Waals surface area contributed by atoms with Gasteiger partial charge in [0.1, 0.15) is 12.1 Å². The molecule has 0 unspecified atom stereocenters. The quantitative estimate of drug-likeness (QED) is 0.540. The van der Waals surface area contributed by atoms with Crippen LogP contribution < -0.4 is 0 Å². The third-order valence-corrected chi connectivity index (χ3v) is 2.55. The number of rotatable bonds is 2. The second kappa shape index (κ2) is 2.19. The van der Waals surface area contributed by atoms with Crippen LogP contribution in [0.2, 0.25) is 0 Å². The summed E-state index contributed by atoms with van der Waals surface area (Å²) in [7, 11) is 0. The minimum Gasteiger partial charge on any atom is -0.303 e. The van der Waals surface area contributed by atoms with Crippen molar-refractivity contribution in [1.82, 2.24) is 0 Å². The summed E-state index contributed by atoms with van der Waals surface area (Å²) in [5.41, 5.74) is -0.221. The van der Waals surface area contributed by atoms with Gasteiger partial charge in [0.15, 0.2) is 0 Å². The van der Waals surface area contributed by atoms with Gasteiger partial charge >= 0.3 is 0 Å². The second-order valence-electron chi connectivity index (χ2n) is 3.45. The lowest BCUT2D eigenvalue weighted by Crippen LogP contribution is -2.45. The highest BCUT2D eigenvalue weighted by Crippen LogP contribution is 2.43. The fourth-order valence-corrected chi connectivity index (χ4v) is 1.33. The zero-order chi connectivity index (χ0) is 7.78. The molecular formula is C8H12O2. The van der Waals surface area contributed by atoms with Crippen LogP contribution in [0, 0.1) is 11.3 Å². The molecule has 2 nitrogen and oxygen atoms in total. The van der Waals surface area contributed by atoms with E-state index >= 15 is 0 Å². The molecule has 0 amide bonds. The Morgan fingerprint density at radius 3 is 2.60 bits per heavy atom. The van der Waals surface area contributed by atoms with Gasteiger partial charge in [-0.3, -0.25) is 4.79 Å². The molecule has 1 saturated carbocycles. The summed E-state index contributed by atoms with van der Waals surface area (Å²) in [5, 5.41) is 0. The van der Waals surface area contributed by atoms with Crippen molar-refractivity contribution in [3.8, 4) is 0 Å². The maximum Gasteiger partial charge on any atom is 0.139 e. The van der Waals surface area contributed by atoms with E-state index in [1.54, 1.807) is 0 Å². The van der Waals surface area contributed by atoms with Crippen LogP contribution in [0.3, 0.4) is 0 Å². The normalized spacial score (nSPS) is 29.4. The van der Waals surface area contributed by atoms with E-state index in [1.165, 1.54) is 0 Å². The molecule has 0 saturated heterocycles. The molecule has 0 aromatic carbocycles. The summed E-state index contributed by atoms with van der Waals surface area (Å²) in [6.07, 6.45) is 2.04. The van der Waals surface area contributed by atoms with E-state index in [0.717, 1.165) is 6.29 Å². The number of Topliss-reactive ketones (excluding diaryl/α,β-unsaturated/α-hetero) is 1. The van der Waals surface area contributed by atoms with E-state index in [4.69, 9.17) is 0 Å². The number of ketones is 1. The van der Waals surface area contributed by atoms with Gasteiger partial charge in [0.05, 0.1) is 0 Å². The first kappa shape index (κ1) is 7.45. The minimum atomic E-state index is -0.221. The lowest BCUT2D eigenvalue weighted by molar-refractivity contribution is -0.143. The predicted molar refractivity (Wildman–Crippen MR) is 37.6 cm³/mol. The monoisotopic (exact) mass is 140 g/mol. The topological polar surface area (TPSA) is 34.1 Å². The highest BCUT2D eigenvalue weighted by atomic mass is 16.1. The van der Waals surface area contributed by atoms with E-state index in [2.05, 4.69) is 0 Å². The van der Waals surface area contributed by atoms with Crippen LogP contribution in [0.1, 0.15) is 26.7 Å². The van der Waals surface area contributed by atoms with Crippen LogP contribution in [0.25, 0.3) is 0 Å². The lowest BCUT2D eigenvalue weighted by Gasteiger charge is -2.41. The Bertz CT molecular complexity index is 168. The number of hydrogen-bond acceptors (Lipinski definition) is 2. The molecule has 1 aliphatic carbocycles. The van der Waals surface area contributed by atoms with Crippen LogP contribution in [-0.2, 0) is 9.59 Å². The molecule has 1 aliphatic rings. The molecule has 0 heterocycles. The highest BCUT2D eigenvalue weighted by Gasteiger charge is 2.46. The summed E-state index contributed by atoms with van der Waals surface area (Å²) in [5.74, 6) is 0.594. The first-order valence-corrected chi connectivity index (χ1v) is 3.56. The zero-order valence-corrected chi connectivity index (χ0v) is 6.39. The Hall–Kier alpha value is -0.660. The highest BCUT2D eigenvalue weighted by molar-refractivity contribution is 5.91. The molecule has 56 valence electrons. The Balaban J connectivity index is 2.54. The second-order valence-corrected chi connectivity index (χ2v) is 3.45.